The number of pyridine rings is 1. The smallest absolute Gasteiger partial charge is 0.164 e. The molecule has 0 radical (unpaired) electrons. The standard InChI is InChI=1S/C23H22FN5O/c1-15(2)29-14-27-21(16-3-6-19(24)7-4-16)22(29)23-25-9-10-28(23)20-8-5-17(11-26-20)18-12-30-13-18/h3-11,14-15,18H,12-13H2,1-2H3. The maximum atomic E-state index is 13.5. The molecule has 0 bridgehead atoms. The van der Waals surface area contributed by atoms with Crippen LogP contribution in [0, 0.1) is 5.82 Å². The monoisotopic (exact) mass is 403 g/mol. The van der Waals surface area contributed by atoms with E-state index in [0.29, 0.717) is 5.92 Å². The molecule has 0 saturated carbocycles. The number of benzene rings is 1. The lowest BCUT2D eigenvalue weighted by molar-refractivity contribution is 0.00829. The summed E-state index contributed by atoms with van der Waals surface area (Å²) in [5.74, 6) is 1.69. The first-order valence-corrected chi connectivity index (χ1v) is 10.0. The number of nitrogens with zero attached hydrogens (tertiary/aromatic N) is 5. The summed E-state index contributed by atoms with van der Waals surface area (Å²) in [7, 11) is 0. The van der Waals surface area contributed by atoms with Crippen LogP contribution < -0.4 is 0 Å². The number of hydrogen-bond donors (Lipinski definition) is 0. The lowest BCUT2D eigenvalue weighted by Crippen LogP contribution is -2.25. The fraction of sp³-hybridized carbons (Fsp3) is 0.261. The molecule has 5 rings (SSSR count). The average Bonchev–Trinajstić information content (AvgIpc) is 3.34. The molecular formula is C23H22FN5O. The minimum absolute atomic E-state index is 0.181. The summed E-state index contributed by atoms with van der Waals surface area (Å²) in [4.78, 5) is 13.9. The Labute approximate surface area is 174 Å². The van der Waals surface area contributed by atoms with E-state index >= 15 is 0 Å². The highest BCUT2D eigenvalue weighted by Gasteiger charge is 2.23. The van der Waals surface area contributed by atoms with E-state index in [2.05, 4.69) is 39.4 Å². The van der Waals surface area contributed by atoms with Crippen LogP contribution in [0.15, 0.2) is 61.3 Å². The van der Waals surface area contributed by atoms with Crippen LogP contribution in [0.5, 0.6) is 0 Å². The van der Waals surface area contributed by atoms with Gasteiger partial charge in [0.25, 0.3) is 0 Å². The Bertz CT molecular complexity index is 1160. The predicted molar refractivity (Wildman–Crippen MR) is 112 cm³/mol. The first-order chi connectivity index (χ1) is 14.6. The molecule has 0 unspecified atom stereocenters. The summed E-state index contributed by atoms with van der Waals surface area (Å²) in [6, 6.07) is 10.7. The van der Waals surface area contributed by atoms with E-state index in [0.717, 1.165) is 41.8 Å². The molecule has 152 valence electrons. The zero-order valence-electron chi connectivity index (χ0n) is 16.9. The van der Waals surface area contributed by atoms with Crippen LogP contribution in [0.25, 0.3) is 28.6 Å². The Morgan fingerprint density at radius 3 is 2.47 bits per heavy atom. The molecule has 0 spiro atoms. The van der Waals surface area contributed by atoms with Crippen LogP contribution in [-0.4, -0.2) is 37.3 Å². The molecule has 0 N–H and O–H groups in total. The summed E-state index contributed by atoms with van der Waals surface area (Å²) >= 11 is 0. The van der Waals surface area contributed by atoms with Gasteiger partial charge in [0.2, 0.25) is 0 Å². The van der Waals surface area contributed by atoms with E-state index in [4.69, 9.17) is 4.74 Å². The second-order valence-corrected chi connectivity index (χ2v) is 7.75. The number of rotatable bonds is 5. The fourth-order valence-corrected chi connectivity index (χ4v) is 3.67. The molecule has 1 fully saturated rings. The van der Waals surface area contributed by atoms with E-state index < -0.39 is 0 Å². The van der Waals surface area contributed by atoms with E-state index in [1.165, 1.54) is 17.7 Å². The second-order valence-electron chi connectivity index (χ2n) is 7.75. The lowest BCUT2D eigenvalue weighted by Gasteiger charge is -2.26. The molecule has 1 aromatic carbocycles. The third-order valence-corrected chi connectivity index (χ3v) is 5.45. The summed E-state index contributed by atoms with van der Waals surface area (Å²) in [6.07, 6.45) is 7.38. The Kier molecular flexibility index (Phi) is 4.67. The number of halogens is 1. The third kappa shape index (κ3) is 3.21. The van der Waals surface area contributed by atoms with Crippen molar-refractivity contribution in [2.45, 2.75) is 25.8 Å². The SMILES string of the molecule is CC(C)n1cnc(-c2ccc(F)cc2)c1-c1nccn1-c1ccc(C2COC2)cn1. The molecule has 4 aromatic rings. The summed E-state index contributed by atoms with van der Waals surface area (Å²) in [6.45, 7) is 5.71. The third-order valence-electron chi connectivity index (χ3n) is 5.45. The van der Waals surface area contributed by atoms with Gasteiger partial charge in [-0.15, -0.1) is 0 Å². The van der Waals surface area contributed by atoms with Gasteiger partial charge in [-0.25, -0.2) is 19.3 Å². The molecule has 3 aromatic heterocycles. The Hall–Kier alpha value is -3.32. The van der Waals surface area contributed by atoms with Crippen LogP contribution >= 0.6 is 0 Å². The lowest BCUT2D eigenvalue weighted by atomic mass is 10.00. The van der Waals surface area contributed by atoms with Crippen LogP contribution in [0.1, 0.15) is 31.4 Å². The van der Waals surface area contributed by atoms with Gasteiger partial charge >= 0.3 is 0 Å². The first-order valence-electron chi connectivity index (χ1n) is 10.0. The predicted octanol–water partition coefficient (Wildman–Crippen LogP) is 4.63. The normalized spacial score (nSPS) is 14.3. The Morgan fingerprint density at radius 2 is 1.83 bits per heavy atom. The van der Waals surface area contributed by atoms with Crippen molar-refractivity contribution < 1.29 is 9.13 Å². The molecule has 0 atom stereocenters. The number of imidazole rings is 2. The largest absolute Gasteiger partial charge is 0.380 e. The van der Waals surface area contributed by atoms with Gasteiger partial charge in [-0.1, -0.05) is 6.07 Å². The minimum atomic E-state index is -0.272. The molecule has 30 heavy (non-hydrogen) atoms. The first kappa shape index (κ1) is 18.7. The molecule has 1 saturated heterocycles. The van der Waals surface area contributed by atoms with Crippen molar-refractivity contribution in [2.75, 3.05) is 13.2 Å². The van der Waals surface area contributed by atoms with Gasteiger partial charge in [0.15, 0.2) is 5.82 Å². The molecule has 6 nitrogen and oxygen atoms in total. The zero-order chi connectivity index (χ0) is 20.7. The number of aromatic nitrogens is 5. The maximum absolute atomic E-state index is 13.5. The zero-order valence-corrected chi connectivity index (χ0v) is 16.9. The summed E-state index contributed by atoms with van der Waals surface area (Å²) < 4.78 is 22.8. The molecule has 1 aliphatic heterocycles. The van der Waals surface area contributed by atoms with Gasteiger partial charge in [-0.2, -0.15) is 0 Å². The van der Waals surface area contributed by atoms with Crippen molar-refractivity contribution >= 4 is 0 Å². The van der Waals surface area contributed by atoms with Crippen LogP contribution in [0.3, 0.4) is 0 Å². The van der Waals surface area contributed by atoms with E-state index in [-0.39, 0.29) is 11.9 Å². The van der Waals surface area contributed by atoms with Crippen molar-refractivity contribution in [1.29, 1.82) is 0 Å². The quantitative estimate of drug-likeness (QED) is 0.487. The van der Waals surface area contributed by atoms with Gasteiger partial charge < -0.3 is 9.30 Å². The average molecular weight is 403 g/mol. The molecule has 4 heterocycles. The maximum Gasteiger partial charge on any atom is 0.164 e. The van der Waals surface area contributed by atoms with Gasteiger partial charge in [0, 0.05) is 36.1 Å². The fourth-order valence-electron chi connectivity index (χ4n) is 3.67. The molecule has 7 heteroatoms. The molecule has 0 amide bonds. The minimum Gasteiger partial charge on any atom is -0.380 e. The topological polar surface area (TPSA) is 57.8 Å². The summed E-state index contributed by atoms with van der Waals surface area (Å²) in [5.41, 5.74) is 3.67. The van der Waals surface area contributed by atoms with Gasteiger partial charge in [0.05, 0.1) is 25.2 Å². The van der Waals surface area contributed by atoms with E-state index in [9.17, 15) is 4.39 Å². The van der Waals surface area contributed by atoms with Crippen molar-refractivity contribution in [3.05, 3.63) is 72.7 Å². The van der Waals surface area contributed by atoms with Crippen molar-refractivity contribution in [1.82, 2.24) is 24.1 Å². The van der Waals surface area contributed by atoms with Crippen LogP contribution in [0.2, 0.25) is 0 Å². The van der Waals surface area contributed by atoms with E-state index in [1.807, 2.05) is 29.4 Å². The number of ether oxygens (including phenoxy) is 1. The van der Waals surface area contributed by atoms with Crippen LogP contribution in [0.4, 0.5) is 4.39 Å². The number of hydrogen-bond acceptors (Lipinski definition) is 4. The highest BCUT2D eigenvalue weighted by molar-refractivity contribution is 5.76. The van der Waals surface area contributed by atoms with Crippen LogP contribution in [-0.2, 0) is 4.74 Å². The Balaban J connectivity index is 1.60. The van der Waals surface area contributed by atoms with Crippen molar-refractivity contribution in [3.63, 3.8) is 0 Å². The van der Waals surface area contributed by atoms with Gasteiger partial charge in [-0.05, 0) is 49.7 Å². The highest BCUT2D eigenvalue weighted by atomic mass is 19.1. The molecular weight excluding hydrogens is 381 g/mol. The van der Waals surface area contributed by atoms with Crippen molar-refractivity contribution in [3.8, 4) is 28.6 Å². The second kappa shape index (κ2) is 7.50. The Morgan fingerprint density at radius 1 is 1.03 bits per heavy atom. The molecule has 1 aliphatic rings. The highest BCUT2D eigenvalue weighted by Crippen LogP contribution is 2.33. The molecule has 0 aliphatic carbocycles. The van der Waals surface area contributed by atoms with Gasteiger partial charge in [0.1, 0.15) is 17.3 Å². The van der Waals surface area contributed by atoms with E-state index in [1.54, 1.807) is 18.3 Å². The van der Waals surface area contributed by atoms with Gasteiger partial charge in [-0.3, -0.25) is 4.57 Å². The summed E-state index contributed by atoms with van der Waals surface area (Å²) in [5, 5.41) is 0. The van der Waals surface area contributed by atoms with Crippen molar-refractivity contribution in [2.24, 2.45) is 0 Å².